The zero-order valence-electron chi connectivity index (χ0n) is 16.1. The Morgan fingerprint density at radius 1 is 1.04 bits per heavy atom. The van der Waals surface area contributed by atoms with Crippen molar-refractivity contribution in [3.05, 3.63) is 65.2 Å². The molecule has 0 aliphatic carbocycles. The summed E-state index contributed by atoms with van der Waals surface area (Å²) in [5.41, 5.74) is 5.46. The van der Waals surface area contributed by atoms with Crippen molar-refractivity contribution in [2.75, 3.05) is 18.6 Å². The highest BCUT2D eigenvalue weighted by atomic mass is 32.2. The molecule has 0 spiro atoms. The number of hydrogen-bond acceptors (Lipinski definition) is 6. The molecule has 1 aromatic heterocycles. The molecule has 0 atom stereocenters. The Bertz CT molecular complexity index is 998. The van der Waals surface area contributed by atoms with Crippen LogP contribution >= 0.6 is 23.5 Å². The van der Waals surface area contributed by atoms with Gasteiger partial charge >= 0.3 is 0 Å². The summed E-state index contributed by atoms with van der Waals surface area (Å²) in [6, 6.07) is 16.5. The van der Waals surface area contributed by atoms with E-state index < -0.39 is 0 Å². The maximum Gasteiger partial charge on any atom is 0.162 e. The van der Waals surface area contributed by atoms with E-state index in [1.54, 1.807) is 11.8 Å². The normalized spacial score (nSPS) is 11.0. The summed E-state index contributed by atoms with van der Waals surface area (Å²) in [7, 11) is 1.85. The minimum Gasteiger partial charge on any atom is -0.372 e. The maximum atomic E-state index is 7.55. The maximum absolute atomic E-state index is 7.55. The lowest BCUT2D eigenvalue weighted by Gasteiger charge is -2.12. The van der Waals surface area contributed by atoms with Crippen LogP contribution in [0.4, 0.5) is 5.82 Å². The summed E-state index contributed by atoms with van der Waals surface area (Å²) in [5.74, 6) is 1.39. The largest absolute Gasteiger partial charge is 0.372 e. The summed E-state index contributed by atoms with van der Waals surface area (Å²) in [5, 5.41) is 11.5. The molecule has 142 valence electrons. The van der Waals surface area contributed by atoms with E-state index in [0.717, 1.165) is 27.5 Å². The van der Waals surface area contributed by atoms with Crippen LogP contribution < -0.4 is 5.32 Å². The fraction of sp³-hybridized carbons (Fsp3) is 0.136. The lowest BCUT2D eigenvalue weighted by Crippen LogP contribution is -2.02. The zero-order valence-corrected chi connectivity index (χ0v) is 17.7. The highest BCUT2D eigenvalue weighted by Crippen LogP contribution is 2.30. The number of rotatable bonds is 7. The number of benzene rings is 2. The summed E-state index contributed by atoms with van der Waals surface area (Å²) in [6.07, 6.45) is 6.11. The highest BCUT2D eigenvalue weighted by molar-refractivity contribution is 8.12. The van der Waals surface area contributed by atoms with Gasteiger partial charge in [0.15, 0.2) is 5.82 Å². The van der Waals surface area contributed by atoms with Crippen molar-refractivity contribution in [3.63, 3.8) is 0 Å². The smallest absolute Gasteiger partial charge is 0.162 e. The fourth-order valence-electron chi connectivity index (χ4n) is 2.76. The number of thioether (sulfide) groups is 2. The van der Waals surface area contributed by atoms with Gasteiger partial charge in [-0.2, -0.15) is 0 Å². The first-order valence-corrected chi connectivity index (χ1v) is 10.9. The van der Waals surface area contributed by atoms with Crippen molar-refractivity contribution in [1.29, 1.82) is 5.41 Å². The van der Waals surface area contributed by atoms with Gasteiger partial charge in [-0.05, 0) is 37.0 Å². The Morgan fingerprint density at radius 3 is 2.46 bits per heavy atom. The first-order chi connectivity index (χ1) is 13.6. The van der Waals surface area contributed by atoms with Gasteiger partial charge in [-0.1, -0.05) is 59.8 Å². The van der Waals surface area contributed by atoms with Crippen LogP contribution in [0.1, 0.15) is 16.7 Å². The summed E-state index contributed by atoms with van der Waals surface area (Å²) in [6.45, 7) is 2.08. The molecule has 0 amide bonds. The number of hydrogen-bond donors (Lipinski definition) is 2. The molecular formula is C22H22N4S2. The molecule has 1 heterocycles. The molecule has 0 fully saturated rings. The van der Waals surface area contributed by atoms with Crippen molar-refractivity contribution in [2.45, 2.75) is 16.8 Å². The summed E-state index contributed by atoms with van der Waals surface area (Å²) >= 11 is 2.98. The molecule has 3 aromatic rings. The quantitative estimate of drug-likeness (QED) is 0.215. The number of aromatic nitrogens is 2. The monoisotopic (exact) mass is 406 g/mol. The van der Waals surface area contributed by atoms with Crippen molar-refractivity contribution in [2.24, 2.45) is 0 Å². The van der Waals surface area contributed by atoms with Crippen LogP contribution in [0, 0.1) is 12.3 Å². The molecule has 0 unspecified atom stereocenters. The molecule has 2 aromatic carbocycles. The molecule has 3 rings (SSSR count). The van der Waals surface area contributed by atoms with Gasteiger partial charge in [0.05, 0.1) is 5.55 Å². The van der Waals surface area contributed by atoms with E-state index in [1.165, 1.54) is 27.8 Å². The van der Waals surface area contributed by atoms with Gasteiger partial charge in [0.1, 0.15) is 10.8 Å². The highest BCUT2D eigenvalue weighted by Gasteiger charge is 2.13. The first-order valence-electron chi connectivity index (χ1n) is 8.79. The Kier molecular flexibility index (Phi) is 6.90. The Hall–Kier alpha value is -2.57. The van der Waals surface area contributed by atoms with E-state index >= 15 is 0 Å². The SMILES string of the molecule is CNc1nc(-c2ccc(SC)cc2)nc(SC=N)c1/C=C/c1cccc(C)c1. The van der Waals surface area contributed by atoms with Crippen LogP contribution in [0.5, 0.6) is 0 Å². The number of aryl methyl sites for hydroxylation is 1. The molecule has 0 aliphatic rings. The van der Waals surface area contributed by atoms with E-state index in [1.807, 2.05) is 37.4 Å². The van der Waals surface area contributed by atoms with Crippen LogP contribution in [-0.4, -0.2) is 28.8 Å². The third-order valence-corrected chi connectivity index (χ3v) is 5.55. The third-order valence-electron chi connectivity index (χ3n) is 4.15. The van der Waals surface area contributed by atoms with Gasteiger partial charge in [0.2, 0.25) is 0 Å². The molecule has 28 heavy (non-hydrogen) atoms. The van der Waals surface area contributed by atoms with Gasteiger partial charge in [-0.25, -0.2) is 9.97 Å². The summed E-state index contributed by atoms with van der Waals surface area (Å²) in [4.78, 5) is 10.6. The number of nitrogens with one attached hydrogen (secondary N) is 2. The standard InChI is InChI=1S/C22H22N4S2/c1-15-5-4-6-16(13-15)7-12-19-21(24-2)25-20(26-22(19)28-14-23)17-8-10-18(27-3)11-9-17/h4-14,23H,1-3H3,(H,24,25,26)/b12-7+,23-14?. The van der Waals surface area contributed by atoms with E-state index in [4.69, 9.17) is 15.4 Å². The predicted molar refractivity (Wildman–Crippen MR) is 124 cm³/mol. The topological polar surface area (TPSA) is 61.7 Å². The zero-order chi connectivity index (χ0) is 19.9. The lowest BCUT2D eigenvalue weighted by atomic mass is 10.1. The first kappa shape index (κ1) is 20.2. The molecular weight excluding hydrogens is 384 g/mol. The Balaban J connectivity index is 2.04. The molecule has 2 N–H and O–H groups in total. The predicted octanol–water partition coefficient (Wildman–Crippen LogP) is 6.09. The molecule has 4 nitrogen and oxygen atoms in total. The van der Waals surface area contributed by atoms with Gasteiger partial charge in [0.25, 0.3) is 0 Å². The van der Waals surface area contributed by atoms with Gasteiger partial charge in [-0.3, -0.25) is 0 Å². The van der Waals surface area contributed by atoms with E-state index in [-0.39, 0.29) is 0 Å². The minimum absolute atomic E-state index is 0.647. The average Bonchev–Trinajstić information content (AvgIpc) is 2.72. The van der Waals surface area contributed by atoms with Crippen molar-refractivity contribution in [1.82, 2.24) is 9.97 Å². The van der Waals surface area contributed by atoms with Gasteiger partial charge < -0.3 is 10.7 Å². The second-order valence-corrected chi connectivity index (χ2v) is 7.81. The van der Waals surface area contributed by atoms with E-state index in [9.17, 15) is 0 Å². The second-order valence-electron chi connectivity index (χ2n) is 6.08. The molecule has 6 heteroatoms. The molecule has 0 saturated heterocycles. The molecule has 0 aliphatic heterocycles. The average molecular weight is 407 g/mol. The van der Waals surface area contributed by atoms with Gasteiger partial charge in [0, 0.05) is 23.1 Å². The van der Waals surface area contributed by atoms with Crippen molar-refractivity contribution >= 4 is 47.0 Å². The van der Waals surface area contributed by atoms with Gasteiger partial charge in [-0.15, -0.1) is 11.8 Å². The summed E-state index contributed by atoms with van der Waals surface area (Å²) < 4.78 is 0. The molecule has 0 radical (unpaired) electrons. The molecule has 0 saturated carbocycles. The van der Waals surface area contributed by atoms with Crippen molar-refractivity contribution < 1.29 is 0 Å². The van der Waals surface area contributed by atoms with E-state index in [0.29, 0.717) is 5.82 Å². The Labute approximate surface area is 174 Å². The number of nitrogens with zero attached hydrogens (tertiary/aromatic N) is 2. The van der Waals surface area contributed by atoms with E-state index in [2.05, 4.69) is 48.8 Å². The number of anilines is 1. The molecule has 0 bridgehead atoms. The van der Waals surface area contributed by atoms with Crippen LogP contribution in [0.25, 0.3) is 23.5 Å². The van der Waals surface area contributed by atoms with Crippen LogP contribution in [0.15, 0.2) is 58.5 Å². The van der Waals surface area contributed by atoms with Crippen LogP contribution in [-0.2, 0) is 0 Å². The second kappa shape index (κ2) is 9.57. The lowest BCUT2D eigenvalue weighted by molar-refractivity contribution is 1.05. The fourth-order valence-corrected chi connectivity index (χ4v) is 3.71. The van der Waals surface area contributed by atoms with Crippen LogP contribution in [0.2, 0.25) is 0 Å². The third kappa shape index (κ3) is 4.82. The Morgan fingerprint density at radius 2 is 1.82 bits per heavy atom. The van der Waals surface area contributed by atoms with Crippen molar-refractivity contribution in [3.8, 4) is 11.4 Å². The van der Waals surface area contributed by atoms with Crippen LogP contribution in [0.3, 0.4) is 0 Å². The minimum atomic E-state index is 0.647.